The molecule has 31 heavy (non-hydrogen) atoms. The van der Waals surface area contributed by atoms with Crippen molar-refractivity contribution in [2.45, 2.75) is 49.6 Å². The van der Waals surface area contributed by atoms with Crippen molar-refractivity contribution in [3.63, 3.8) is 0 Å². The van der Waals surface area contributed by atoms with Crippen molar-refractivity contribution >= 4 is 11.8 Å². The summed E-state index contributed by atoms with van der Waals surface area (Å²) in [5, 5.41) is 3.72. The van der Waals surface area contributed by atoms with Gasteiger partial charge in [-0.3, -0.25) is 14.7 Å². The SMILES string of the molecule is COC(=O)N1[C@@H]2CN3[C@@H](C)CN(Cc4ccccc4)C[C@@H]3[C@]3(C2)c2ccccc2N[C@@H]13. The Bertz CT molecular complexity index is 998. The van der Waals surface area contributed by atoms with Crippen molar-refractivity contribution in [1.82, 2.24) is 14.7 Å². The van der Waals surface area contributed by atoms with E-state index < -0.39 is 0 Å². The topological polar surface area (TPSA) is 48.1 Å². The summed E-state index contributed by atoms with van der Waals surface area (Å²) in [5.74, 6) is 0. The molecule has 1 amide bonds. The van der Waals surface area contributed by atoms with E-state index in [-0.39, 0.29) is 23.7 Å². The van der Waals surface area contributed by atoms with E-state index in [0.717, 1.165) is 38.3 Å². The fraction of sp³-hybridized carbons (Fsp3) is 0.480. The summed E-state index contributed by atoms with van der Waals surface area (Å²) in [6, 6.07) is 20.4. The number of hydrogen-bond acceptors (Lipinski definition) is 5. The van der Waals surface area contributed by atoms with Crippen LogP contribution in [-0.2, 0) is 16.7 Å². The fourth-order valence-corrected chi connectivity index (χ4v) is 6.88. The summed E-state index contributed by atoms with van der Waals surface area (Å²) >= 11 is 0. The highest BCUT2D eigenvalue weighted by Crippen LogP contribution is 2.57. The Morgan fingerprint density at radius 3 is 2.68 bits per heavy atom. The smallest absolute Gasteiger partial charge is 0.411 e. The lowest BCUT2D eigenvalue weighted by molar-refractivity contribution is -0.0292. The minimum absolute atomic E-state index is 0.0544. The second-order valence-corrected chi connectivity index (χ2v) is 9.61. The summed E-state index contributed by atoms with van der Waals surface area (Å²) in [6.07, 6.45) is 0.719. The summed E-state index contributed by atoms with van der Waals surface area (Å²) in [5.41, 5.74) is 3.77. The van der Waals surface area contributed by atoms with Gasteiger partial charge < -0.3 is 10.1 Å². The van der Waals surface area contributed by atoms with Crippen LogP contribution < -0.4 is 5.32 Å². The molecule has 0 radical (unpaired) electrons. The van der Waals surface area contributed by atoms with Crippen molar-refractivity contribution in [3.8, 4) is 0 Å². The molecule has 0 unspecified atom stereocenters. The van der Waals surface area contributed by atoms with E-state index in [4.69, 9.17) is 4.74 Å². The first-order chi connectivity index (χ1) is 15.1. The third kappa shape index (κ3) is 2.68. The van der Waals surface area contributed by atoms with Crippen LogP contribution in [0.1, 0.15) is 24.5 Å². The number of benzene rings is 2. The molecule has 4 heterocycles. The molecule has 0 aromatic heterocycles. The zero-order chi connectivity index (χ0) is 21.2. The van der Waals surface area contributed by atoms with Gasteiger partial charge in [-0.1, -0.05) is 48.5 Å². The molecule has 162 valence electrons. The number of piperazine rings is 1. The number of rotatable bonds is 2. The molecule has 6 rings (SSSR count). The van der Waals surface area contributed by atoms with Crippen molar-refractivity contribution < 1.29 is 9.53 Å². The summed E-state index contributed by atoms with van der Waals surface area (Å²) in [4.78, 5) is 20.1. The number of anilines is 1. The average Bonchev–Trinajstić information content (AvgIpc) is 3.23. The first-order valence-corrected chi connectivity index (χ1v) is 11.4. The number of ether oxygens (including phenoxy) is 1. The minimum Gasteiger partial charge on any atom is -0.453 e. The summed E-state index contributed by atoms with van der Waals surface area (Å²) in [7, 11) is 1.50. The van der Waals surface area contributed by atoms with Crippen LogP contribution in [0.15, 0.2) is 54.6 Å². The second-order valence-electron chi connectivity index (χ2n) is 9.61. The molecule has 1 spiro atoms. The van der Waals surface area contributed by atoms with Gasteiger partial charge in [-0.15, -0.1) is 0 Å². The molecular formula is C25H30N4O2. The van der Waals surface area contributed by atoms with Gasteiger partial charge >= 0.3 is 6.09 Å². The Labute approximate surface area is 183 Å². The van der Waals surface area contributed by atoms with Gasteiger partial charge in [0.2, 0.25) is 0 Å². The van der Waals surface area contributed by atoms with Gasteiger partial charge in [0.15, 0.2) is 0 Å². The van der Waals surface area contributed by atoms with Crippen molar-refractivity contribution in [2.24, 2.45) is 0 Å². The molecule has 3 saturated heterocycles. The van der Waals surface area contributed by atoms with Gasteiger partial charge in [0.25, 0.3) is 0 Å². The zero-order valence-electron chi connectivity index (χ0n) is 18.2. The molecule has 0 aliphatic carbocycles. The van der Waals surface area contributed by atoms with Crippen molar-refractivity contribution in [1.29, 1.82) is 0 Å². The number of para-hydroxylation sites is 1. The number of hydrogen-bond donors (Lipinski definition) is 1. The van der Waals surface area contributed by atoms with Crippen LogP contribution in [-0.4, -0.2) is 71.8 Å². The van der Waals surface area contributed by atoms with Gasteiger partial charge in [0.05, 0.1) is 18.6 Å². The maximum Gasteiger partial charge on any atom is 0.411 e. The second kappa shape index (κ2) is 6.97. The van der Waals surface area contributed by atoms with Gasteiger partial charge in [0.1, 0.15) is 6.17 Å². The number of methoxy groups -OCH3 is 1. The van der Waals surface area contributed by atoms with Crippen molar-refractivity contribution in [2.75, 3.05) is 32.1 Å². The highest BCUT2D eigenvalue weighted by Gasteiger charge is 2.67. The average molecular weight is 419 g/mol. The normalized spacial score (nSPS) is 33.9. The number of carbonyl (C=O) groups is 1. The van der Waals surface area contributed by atoms with Crippen LogP contribution in [0.3, 0.4) is 0 Å². The first-order valence-electron chi connectivity index (χ1n) is 11.4. The Kier molecular flexibility index (Phi) is 4.30. The Morgan fingerprint density at radius 1 is 1.10 bits per heavy atom. The molecule has 0 saturated carbocycles. The van der Waals surface area contributed by atoms with Crippen LogP contribution in [0.5, 0.6) is 0 Å². The van der Waals surface area contributed by atoms with Crippen LogP contribution in [0, 0.1) is 0 Å². The third-order valence-electron chi connectivity index (χ3n) is 8.02. The van der Waals surface area contributed by atoms with Gasteiger partial charge in [0, 0.05) is 44.0 Å². The predicted molar refractivity (Wildman–Crippen MR) is 120 cm³/mol. The number of piperidine rings is 1. The van der Waals surface area contributed by atoms with Gasteiger partial charge in [-0.05, 0) is 30.5 Å². The molecule has 3 fully saturated rings. The van der Waals surface area contributed by atoms with Crippen LogP contribution in [0.4, 0.5) is 10.5 Å². The maximum absolute atomic E-state index is 12.9. The molecular weight excluding hydrogens is 388 g/mol. The lowest BCUT2D eigenvalue weighted by Crippen LogP contribution is -2.68. The van der Waals surface area contributed by atoms with E-state index in [9.17, 15) is 4.79 Å². The Hall–Kier alpha value is -2.57. The third-order valence-corrected chi connectivity index (χ3v) is 8.02. The molecule has 1 N–H and O–H groups in total. The summed E-state index contributed by atoms with van der Waals surface area (Å²) < 4.78 is 5.24. The highest BCUT2D eigenvalue weighted by molar-refractivity contribution is 5.74. The molecule has 4 aliphatic rings. The first kappa shape index (κ1) is 19.1. The standard InChI is InChI=1S/C25H30N4O2/c1-17-13-27(14-18-8-4-3-5-9-18)16-22-25-12-19(15-28(17)22)29(24(30)31-2)23(25)26-21-11-7-6-10-20(21)25/h3-11,17,19,22-23,26H,12-16H2,1-2H3/t17-,19-,22+,23-,25-/m0/s1. The largest absolute Gasteiger partial charge is 0.453 e. The molecule has 6 heteroatoms. The Balaban J connectivity index is 1.41. The monoisotopic (exact) mass is 418 g/mol. The molecule has 2 aromatic rings. The fourth-order valence-electron chi connectivity index (χ4n) is 6.88. The van der Waals surface area contributed by atoms with E-state index >= 15 is 0 Å². The number of fused-ring (bicyclic) bond motifs is 3. The number of likely N-dealkylation sites (tertiary alicyclic amines) is 1. The minimum atomic E-state index is -0.217. The van der Waals surface area contributed by atoms with Crippen LogP contribution in [0.25, 0.3) is 0 Å². The number of nitrogens with zero attached hydrogens (tertiary/aromatic N) is 3. The van der Waals surface area contributed by atoms with E-state index in [1.54, 1.807) is 0 Å². The molecule has 2 bridgehead atoms. The van der Waals surface area contributed by atoms with E-state index in [1.165, 1.54) is 18.2 Å². The van der Waals surface area contributed by atoms with E-state index in [1.807, 2.05) is 4.90 Å². The van der Waals surface area contributed by atoms with E-state index in [2.05, 4.69) is 76.6 Å². The molecule has 2 aromatic carbocycles. The number of amides is 1. The lowest BCUT2D eigenvalue weighted by Gasteiger charge is -2.54. The lowest BCUT2D eigenvalue weighted by atomic mass is 9.68. The van der Waals surface area contributed by atoms with Crippen molar-refractivity contribution in [3.05, 3.63) is 65.7 Å². The summed E-state index contributed by atoms with van der Waals surface area (Å²) in [6.45, 7) is 6.29. The number of nitrogens with one attached hydrogen (secondary N) is 1. The maximum atomic E-state index is 12.9. The highest BCUT2D eigenvalue weighted by atomic mass is 16.5. The van der Waals surface area contributed by atoms with Crippen LogP contribution >= 0.6 is 0 Å². The van der Waals surface area contributed by atoms with Crippen LogP contribution in [0.2, 0.25) is 0 Å². The molecule has 4 aliphatic heterocycles. The quantitative estimate of drug-likeness (QED) is 0.812. The predicted octanol–water partition coefficient (Wildman–Crippen LogP) is 3.11. The Morgan fingerprint density at radius 2 is 1.87 bits per heavy atom. The molecule has 5 atom stereocenters. The zero-order valence-corrected chi connectivity index (χ0v) is 18.2. The van der Waals surface area contributed by atoms with E-state index in [0.29, 0.717) is 12.1 Å². The molecule has 6 nitrogen and oxygen atoms in total. The van der Waals surface area contributed by atoms with Gasteiger partial charge in [-0.2, -0.15) is 0 Å². The number of carbonyl (C=O) groups excluding carboxylic acids is 1. The van der Waals surface area contributed by atoms with Gasteiger partial charge in [-0.25, -0.2) is 4.79 Å².